The van der Waals surface area contributed by atoms with E-state index in [2.05, 4.69) is 35.5 Å². The van der Waals surface area contributed by atoms with Gasteiger partial charge in [-0.05, 0) is 53.6 Å². The largest absolute Gasteiger partial charge is 0.460 e. The van der Waals surface area contributed by atoms with Crippen LogP contribution in [0.3, 0.4) is 0 Å². The van der Waals surface area contributed by atoms with Crippen LogP contribution in [0.15, 0.2) is 122 Å². The summed E-state index contributed by atoms with van der Waals surface area (Å²) in [6, 6.07) is 15.0. The molecule has 0 saturated heterocycles. The van der Waals surface area contributed by atoms with Crippen molar-refractivity contribution < 1.29 is 28.7 Å². The molecule has 48 heavy (non-hydrogen) atoms. The molecule has 2 amide bonds. The summed E-state index contributed by atoms with van der Waals surface area (Å²) < 4.78 is 60.3. The van der Waals surface area contributed by atoms with Crippen LogP contribution in [0.2, 0.25) is 0 Å². The number of nitrogens with one attached hydrogen (secondary N) is 2. The van der Waals surface area contributed by atoms with E-state index >= 15 is 0 Å². The molecule has 0 bridgehead atoms. The van der Waals surface area contributed by atoms with Gasteiger partial charge in [0.25, 0.3) is 0 Å². The maximum atomic E-state index is 13.2. The van der Waals surface area contributed by atoms with Gasteiger partial charge in [0.2, 0.25) is 11.8 Å². The number of amides is 2. The third-order valence-electron chi connectivity index (χ3n) is 6.95. The lowest BCUT2D eigenvalue weighted by Gasteiger charge is -2.30. The maximum Gasteiger partial charge on any atom is 0.325 e. The Morgan fingerprint density at radius 2 is 1.46 bits per heavy atom. The summed E-state index contributed by atoms with van der Waals surface area (Å²) in [6.07, 6.45) is 6.74. The monoisotopic (exact) mass is 650 g/mol. The molecule has 11 heteroatoms. The van der Waals surface area contributed by atoms with Crippen LogP contribution >= 0.6 is 0 Å². The number of carbonyl (C=O) groups excluding carboxylic acids is 3. The molecule has 1 atom stereocenters. The summed E-state index contributed by atoms with van der Waals surface area (Å²) in [5, 5.41) is 4.85. The van der Waals surface area contributed by atoms with Gasteiger partial charge in [0.1, 0.15) is 19.1 Å². The highest BCUT2D eigenvalue weighted by Gasteiger charge is 2.26. The number of pyridine rings is 4. The number of aromatic nitrogens is 4. The molecular weight excluding hydrogens is 606 g/mol. The molecule has 4 aromatic heterocycles. The minimum Gasteiger partial charge on any atom is -0.460 e. The molecule has 2 N–H and O–H groups in total. The van der Waals surface area contributed by atoms with Gasteiger partial charge in [-0.2, -0.15) is 0 Å². The fourth-order valence-electron chi connectivity index (χ4n) is 4.83. The topological polar surface area (TPSA) is 139 Å². The van der Waals surface area contributed by atoms with E-state index in [9.17, 15) is 14.4 Å². The highest BCUT2D eigenvalue weighted by Crippen LogP contribution is 2.28. The number of ether oxygens (including phenoxy) is 1. The molecular formula is C37H37N7O4. The van der Waals surface area contributed by atoms with Crippen molar-refractivity contribution in [3.63, 3.8) is 0 Å². The Balaban J connectivity index is 1.29. The number of benzene rings is 1. The van der Waals surface area contributed by atoms with Crippen molar-refractivity contribution in [2.24, 2.45) is 0 Å². The van der Waals surface area contributed by atoms with Gasteiger partial charge in [0.05, 0.1) is 38.4 Å². The average molecular weight is 651 g/mol. The molecule has 0 fully saturated rings. The Labute approximate surface area is 289 Å². The molecule has 0 aliphatic carbocycles. The fourth-order valence-corrected chi connectivity index (χ4v) is 4.83. The molecule has 0 aliphatic rings. The molecule has 0 unspecified atom stereocenters. The average Bonchev–Trinajstić information content (AvgIpc) is 3.16. The van der Waals surface area contributed by atoms with Crippen LogP contribution in [-0.4, -0.2) is 55.2 Å². The number of esters is 1. The Bertz CT molecular complexity index is 2050. The SMILES string of the molecule is [2H]c1c([2H])c([2H])c(C([2H])([2H])OC(=O)CNC(=O)[C@H](Cc2ccc(CN(Cc3ccccn3)C(c3ccccn3)c3ccccn3)nc2)NC(C)=O)c([2H])c1[2H]. The molecule has 11 nitrogen and oxygen atoms in total. The van der Waals surface area contributed by atoms with Crippen LogP contribution in [0.5, 0.6) is 0 Å². The van der Waals surface area contributed by atoms with E-state index in [1.54, 1.807) is 36.9 Å². The zero-order valence-electron chi connectivity index (χ0n) is 33.0. The highest BCUT2D eigenvalue weighted by atomic mass is 16.5. The first-order valence-electron chi connectivity index (χ1n) is 18.5. The van der Waals surface area contributed by atoms with Crippen molar-refractivity contribution in [3.8, 4) is 0 Å². The summed E-state index contributed by atoms with van der Waals surface area (Å²) in [6.45, 7) is -1.94. The van der Waals surface area contributed by atoms with Crippen LogP contribution in [0.1, 0.15) is 56.5 Å². The van der Waals surface area contributed by atoms with E-state index in [-0.39, 0.29) is 12.5 Å². The first-order valence-corrected chi connectivity index (χ1v) is 15.0. The molecule has 0 spiro atoms. The van der Waals surface area contributed by atoms with Crippen LogP contribution in [-0.2, 0) is 45.2 Å². The van der Waals surface area contributed by atoms with Crippen LogP contribution in [0, 0.1) is 0 Å². The van der Waals surface area contributed by atoms with E-state index < -0.39 is 72.7 Å². The Morgan fingerprint density at radius 3 is 2.02 bits per heavy atom. The molecule has 0 saturated carbocycles. The summed E-state index contributed by atoms with van der Waals surface area (Å²) in [5.74, 6) is -2.59. The maximum absolute atomic E-state index is 13.2. The van der Waals surface area contributed by atoms with Crippen molar-refractivity contribution in [1.29, 1.82) is 0 Å². The number of nitrogens with zero attached hydrogens (tertiary/aromatic N) is 5. The molecule has 5 aromatic rings. The standard InChI is InChI=1S/C37H37N7O4/c1-27(45)43-34(37(47)42-23-35(46)48-26-28-11-3-2-4-12-28)21-29-16-17-31(41-22-29)25-44(24-30-13-5-8-18-38-30)36(32-14-6-9-19-39-32)33-15-7-10-20-40-33/h2-20,22,34,36H,21,23-26H2,1H3,(H,42,47)(H,43,45)/t34-/m0/s1/i2D,3D,4D,11D,12D,26D2. The first kappa shape index (κ1) is 25.3. The molecule has 0 aliphatic heterocycles. The molecule has 0 radical (unpaired) electrons. The summed E-state index contributed by atoms with van der Waals surface area (Å²) in [7, 11) is 0. The third kappa shape index (κ3) is 10.1. The third-order valence-corrected chi connectivity index (χ3v) is 6.95. The zero-order chi connectivity index (χ0) is 39.7. The minimum absolute atomic E-state index is 0.0147. The van der Waals surface area contributed by atoms with Crippen molar-refractivity contribution in [3.05, 3.63) is 156 Å². The number of rotatable bonds is 15. The van der Waals surface area contributed by atoms with E-state index in [4.69, 9.17) is 14.3 Å². The predicted octanol–water partition coefficient (Wildman–Crippen LogP) is 3.97. The van der Waals surface area contributed by atoms with E-state index in [0.29, 0.717) is 24.3 Å². The molecule has 4 heterocycles. The highest BCUT2D eigenvalue weighted by molar-refractivity contribution is 5.89. The normalized spacial score (nSPS) is 13.9. The van der Waals surface area contributed by atoms with Gasteiger partial charge in [-0.1, -0.05) is 54.5 Å². The summed E-state index contributed by atoms with van der Waals surface area (Å²) >= 11 is 0. The lowest BCUT2D eigenvalue weighted by Crippen LogP contribution is -2.48. The van der Waals surface area contributed by atoms with Gasteiger partial charge < -0.3 is 15.4 Å². The van der Waals surface area contributed by atoms with Crippen LogP contribution in [0.25, 0.3) is 0 Å². The Kier molecular flexibility index (Phi) is 9.07. The summed E-state index contributed by atoms with van der Waals surface area (Å²) in [4.78, 5) is 58.5. The minimum atomic E-state index is -3.12. The van der Waals surface area contributed by atoms with Gasteiger partial charge >= 0.3 is 5.97 Å². The Hall–Kier alpha value is -5.81. The molecule has 5 rings (SSSR count). The second kappa shape index (κ2) is 17.2. The van der Waals surface area contributed by atoms with E-state index in [1.165, 1.54) is 6.92 Å². The lowest BCUT2D eigenvalue weighted by atomic mass is 10.0. The van der Waals surface area contributed by atoms with Gasteiger partial charge in [-0.25, -0.2) is 0 Å². The summed E-state index contributed by atoms with van der Waals surface area (Å²) in [5.41, 5.74) is 2.80. The van der Waals surface area contributed by atoms with Crippen molar-refractivity contribution in [2.45, 2.75) is 45.1 Å². The van der Waals surface area contributed by atoms with Gasteiger partial charge in [0.15, 0.2) is 0 Å². The van der Waals surface area contributed by atoms with Crippen molar-refractivity contribution in [2.75, 3.05) is 6.54 Å². The first-order chi connectivity index (χ1) is 26.2. The zero-order valence-corrected chi connectivity index (χ0v) is 26.0. The lowest BCUT2D eigenvalue weighted by molar-refractivity contribution is -0.145. The quantitative estimate of drug-likeness (QED) is 0.161. The van der Waals surface area contributed by atoms with Crippen molar-refractivity contribution in [1.82, 2.24) is 35.5 Å². The Morgan fingerprint density at radius 1 is 0.812 bits per heavy atom. The van der Waals surface area contributed by atoms with Crippen LogP contribution < -0.4 is 10.6 Å². The number of hydrogen-bond donors (Lipinski definition) is 2. The molecule has 1 aromatic carbocycles. The fraction of sp³-hybridized carbons (Fsp3) is 0.216. The van der Waals surface area contributed by atoms with Crippen LogP contribution in [0.4, 0.5) is 0 Å². The number of carbonyl (C=O) groups is 3. The molecule has 244 valence electrons. The smallest absolute Gasteiger partial charge is 0.325 e. The predicted molar refractivity (Wildman–Crippen MR) is 179 cm³/mol. The van der Waals surface area contributed by atoms with Gasteiger partial charge in [-0.3, -0.25) is 39.2 Å². The van der Waals surface area contributed by atoms with E-state index in [1.807, 2.05) is 54.6 Å². The second-order valence-corrected chi connectivity index (χ2v) is 10.5. The van der Waals surface area contributed by atoms with Gasteiger partial charge in [0, 0.05) is 51.2 Å². The number of hydrogen-bond acceptors (Lipinski definition) is 9. The van der Waals surface area contributed by atoms with Gasteiger partial charge in [-0.15, -0.1) is 0 Å². The van der Waals surface area contributed by atoms with Crippen molar-refractivity contribution >= 4 is 17.8 Å². The van der Waals surface area contributed by atoms with E-state index in [0.717, 1.165) is 17.1 Å². The second-order valence-electron chi connectivity index (χ2n) is 10.5.